The molecule has 0 bridgehead atoms. The summed E-state index contributed by atoms with van der Waals surface area (Å²) in [5, 5.41) is 6.16. The highest BCUT2D eigenvalue weighted by Gasteiger charge is 2.07. The molecule has 0 amide bonds. The lowest BCUT2D eigenvalue weighted by atomic mass is 10.4. The summed E-state index contributed by atoms with van der Waals surface area (Å²) in [6.07, 6.45) is 0. The third-order valence-corrected chi connectivity index (χ3v) is 5.30. The van der Waals surface area contributed by atoms with Gasteiger partial charge in [-0.1, -0.05) is 6.92 Å². The van der Waals surface area contributed by atoms with Gasteiger partial charge in [0.25, 0.3) is 0 Å². The van der Waals surface area contributed by atoms with Gasteiger partial charge in [0.05, 0.1) is 12.3 Å². The molecule has 0 fully saturated rings. The summed E-state index contributed by atoms with van der Waals surface area (Å²) in [6.45, 7) is 4.79. The fourth-order valence-corrected chi connectivity index (χ4v) is 2.97. The van der Waals surface area contributed by atoms with Crippen molar-refractivity contribution in [3.63, 3.8) is 0 Å². The zero-order chi connectivity index (χ0) is 14.3. The van der Waals surface area contributed by atoms with Gasteiger partial charge >= 0.3 is 0 Å². The van der Waals surface area contributed by atoms with E-state index in [1.54, 1.807) is 25.3 Å². The van der Waals surface area contributed by atoms with Crippen LogP contribution in [0.3, 0.4) is 0 Å². The molecule has 1 rings (SSSR count). The number of aliphatic imine (C=N–C) groups is 1. The molecule has 0 atom stereocenters. The third kappa shape index (κ3) is 7.44. The third-order valence-electron chi connectivity index (χ3n) is 2.60. The van der Waals surface area contributed by atoms with E-state index in [0.717, 1.165) is 0 Å². The number of rotatable bonds is 6. The first kappa shape index (κ1) is 19.7. The standard InChI is InChI=1S/C12H21N3O2S2.HI/c1-4-19(16,17)8-7-14-12(13-3)15-9-11-6-5-10(2)18-11;/h5-6H,4,7-9H2,1-3H3,(H2,13,14,15);1H. The lowest BCUT2D eigenvalue weighted by molar-refractivity contribution is 0.595. The molecule has 2 N–H and O–H groups in total. The second kappa shape index (κ2) is 9.56. The van der Waals surface area contributed by atoms with Gasteiger partial charge in [0, 0.05) is 29.1 Å². The Morgan fingerprint density at radius 2 is 2.05 bits per heavy atom. The molecule has 8 heteroatoms. The Balaban J connectivity index is 0.00000361. The smallest absolute Gasteiger partial charge is 0.191 e. The van der Waals surface area contributed by atoms with Crippen molar-refractivity contribution in [1.29, 1.82) is 0 Å². The molecule has 1 heterocycles. The van der Waals surface area contributed by atoms with Gasteiger partial charge in [0.15, 0.2) is 15.8 Å². The molecule has 0 radical (unpaired) electrons. The fourth-order valence-electron chi connectivity index (χ4n) is 1.44. The average Bonchev–Trinajstić information content (AvgIpc) is 2.79. The molecule has 5 nitrogen and oxygen atoms in total. The van der Waals surface area contributed by atoms with Crippen molar-refractivity contribution in [3.8, 4) is 0 Å². The van der Waals surface area contributed by atoms with Gasteiger partial charge in [-0.2, -0.15) is 0 Å². The van der Waals surface area contributed by atoms with Crippen molar-refractivity contribution >= 4 is 51.1 Å². The van der Waals surface area contributed by atoms with E-state index in [1.807, 2.05) is 0 Å². The van der Waals surface area contributed by atoms with Gasteiger partial charge in [-0.3, -0.25) is 4.99 Å². The van der Waals surface area contributed by atoms with Gasteiger partial charge in [-0.15, -0.1) is 35.3 Å². The maximum absolute atomic E-state index is 11.4. The largest absolute Gasteiger partial charge is 0.355 e. The van der Waals surface area contributed by atoms with Crippen LogP contribution in [0.5, 0.6) is 0 Å². The highest BCUT2D eigenvalue weighted by atomic mass is 127. The van der Waals surface area contributed by atoms with Crippen LogP contribution in [0.2, 0.25) is 0 Å². The SMILES string of the molecule is CCS(=O)(=O)CCNC(=NC)NCc1ccc(C)s1.I. The van der Waals surface area contributed by atoms with E-state index in [4.69, 9.17) is 0 Å². The van der Waals surface area contributed by atoms with E-state index in [9.17, 15) is 8.42 Å². The lowest BCUT2D eigenvalue weighted by Crippen LogP contribution is -2.39. The van der Waals surface area contributed by atoms with E-state index in [1.165, 1.54) is 9.75 Å². The Kier molecular flexibility index (Phi) is 9.39. The monoisotopic (exact) mass is 431 g/mol. The average molecular weight is 431 g/mol. The summed E-state index contributed by atoms with van der Waals surface area (Å²) in [5.41, 5.74) is 0. The predicted octanol–water partition coefficient (Wildman–Crippen LogP) is 1.77. The summed E-state index contributed by atoms with van der Waals surface area (Å²) in [5.74, 6) is 0.926. The summed E-state index contributed by atoms with van der Waals surface area (Å²) in [7, 11) is -1.26. The van der Waals surface area contributed by atoms with Crippen molar-refractivity contribution in [2.24, 2.45) is 4.99 Å². The molecule has 0 aliphatic heterocycles. The highest BCUT2D eigenvalue weighted by Crippen LogP contribution is 2.14. The van der Waals surface area contributed by atoms with Crippen LogP contribution in [0.15, 0.2) is 17.1 Å². The van der Waals surface area contributed by atoms with Crippen LogP contribution in [-0.2, 0) is 16.4 Å². The maximum Gasteiger partial charge on any atom is 0.191 e. The summed E-state index contributed by atoms with van der Waals surface area (Å²) >= 11 is 1.73. The van der Waals surface area contributed by atoms with Gasteiger partial charge in [-0.05, 0) is 19.1 Å². The summed E-state index contributed by atoms with van der Waals surface area (Å²) < 4.78 is 22.7. The molecule has 1 aromatic rings. The fraction of sp³-hybridized carbons (Fsp3) is 0.583. The number of aryl methyl sites for hydroxylation is 1. The van der Waals surface area contributed by atoms with E-state index in [-0.39, 0.29) is 35.5 Å². The second-order valence-corrected chi connectivity index (χ2v) is 7.95. The van der Waals surface area contributed by atoms with E-state index in [2.05, 4.69) is 34.7 Å². The van der Waals surface area contributed by atoms with E-state index < -0.39 is 9.84 Å². The minimum absolute atomic E-state index is 0. The molecule has 20 heavy (non-hydrogen) atoms. The van der Waals surface area contributed by atoms with Crippen molar-refractivity contribution in [2.75, 3.05) is 25.1 Å². The summed E-state index contributed by atoms with van der Waals surface area (Å²) in [6, 6.07) is 4.15. The molecule has 0 saturated carbocycles. The topological polar surface area (TPSA) is 70.6 Å². The van der Waals surface area contributed by atoms with Crippen LogP contribution in [0.25, 0.3) is 0 Å². The Morgan fingerprint density at radius 3 is 2.55 bits per heavy atom. The van der Waals surface area contributed by atoms with Gasteiger partial charge in [-0.25, -0.2) is 8.42 Å². The minimum atomic E-state index is -2.93. The number of guanidine groups is 1. The van der Waals surface area contributed by atoms with Gasteiger partial charge < -0.3 is 10.6 Å². The Morgan fingerprint density at radius 1 is 1.35 bits per heavy atom. The number of hydrogen-bond acceptors (Lipinski definition) is 4. The van der Waals surface area contributed by atoms with Crippen LogP contribution in [0.4, 0.5) is 0 Å². The normalized spacial score (nSPS) is 11.8. The Labute approximate surface area is 142 Å². The number of hydrogen-bond donors (Lipinski definition) is 2. The van der Waals surface area contributed by atoms with Crippen LogP contribution in [0.1, 0.15) is 16.7 Å². The first-order valence-electron chi connectivity index (χ1n) is 6.17. The molecule has 0 aliphatic rings. The number of nitrogens with one attached hydrogen (secondary N) is 2. The van der Waals surface area contributed by atoms with Crippen molar-refractivity contribution in [3.05, 3.63) is 21.9 Å². The van der Waals surface area contributed by atoms with E-state index >= 15 is 0 Å². The highest BCUT2D eigenvalue weighted by molar-refractivity contribution is 14.0. The molecule has 0 saturated heterocycles. The van der Waals surface area contributed by atoms with Crippen molar-refractivity contribution in [1.82, 2.24) is 10.6 Å². The number of sulfone groups is 1. The lowest BCUT2D eigenvalue weighted by Gasteiger charge is -2.10. The molecule has 116 valence electrons. The van der Waals surface area contributed by atoms with Crippen LogP contribution in [0, 0.1) is 6.92 Å². The molecule has 0 aliphatic carbocycles. The minimum Gasteiger partial charge on any atom is -0.355 e. The van der Waals surface area contributed by atoms with Gasteiger partial charge in [0.2, 0.25) is 0 Å². The zero-order valence-electron chi connectivity index (χ0n) is 12.0. The van der Waals surface area contributed by atoms with Crippen molar-refractivity contribution < 1.29 is 8.42 Å². The number of halogens is 1. The molecule has 0 aromatic carbocycles. The first-order chi connectivity index (χ1) is 8.96. The second-order valence-electron chi connectivity index (χ2n) is 4.10. The Hall–Kier alpha value is -0.350. The van der Waals surface area contributed by atoms with Crippen LogP contribution < -0.4 is 10.6 Å². The first-order valence-corrected chi connectivity index (χ1v) is 8.81. The molecule has 0 spiro atoms. The van der Waals surface area contributed by atoms with Crippen LogP contribution in [-0.4, -0.2) is 39.5 Å². The molecular formula is C12H22IN3O2S2. The van der Waals surface area contributed by atoms with Gasteiger partial charge in [0.1, 0.15) is 0 Å². The molecule has 0 unspecified atom stereocenters. The van der Waals surface area contributed by atoms with Crippen LogP contribution >= 0.6 is 35.3 Å². The Bertz CT molecular complexity index is 527. The molecular weight excluding hydrogens is 409 g/mol. The van der Waals surface area contributed by atoms with E-state index in [0.29, 0.717) is 19.0 Å². The summed E-state index contributed by atoms with van der Waals surface area (Å²) in [4.78, 5) is 6.56. The maximum atomic E-state index is 11.4. The quantitative estimate of drug-likeness (QED) is 0.409. The number of thiophene rings is 1. The predicted molar refractivity (Wildman–Crippen MR) is 97.0 cm³/mol. The molecule has 1 aromatic heterocycles. The van der Waals surface area contributed by atoms with Crippen molar-refractivity contribution in [2.45, 2.75) is 20.4 Å². The zero-order valence-corrected chi connectivity index (χ0v) is 15.9. The number of nitrogens with zero attached hydrogens (tertiary/aromatic N) is 1.